The molecule has 1 aromatic rings. The molecule has 0 amide bonds. The molecule has 1 aliphatic rings. The van der Waals surface area contributed by atoms with Crippen molar-refractivity contribution in [1.82, 2.24) is 0 Å². The molecule has 1 saturated carbocycles. The monoisotopic (exact) mass is 252 g/mol. The molecule has 18 heavy (non-hydrogen) atoms. The predicted octanol–water partition coefficient (Wildman–Crippen LogP) is 2.70. The van der Waals surface area contributed by atoms with Gasteiger partial charge in [-0.2, -0.15) is 0 Å². The van der Waals surface area contributed by atoms with Gasteiger partial charge in [0.25, 0.3) is 11.4 Å². The maximum Gasteiger partial charge on any atom is 0.286 e. The Hall–Kier alpha value is -2.18. The van der Waals surface area contributed by atoms with Crippen LogP contribution >= 0.6 is 0 Å². The Kier molecular flexibility index (Phi) is 2.90. The summed E-state index contributed by atoms with van der Waals surface area (Å²) in [6, 6.07) is 1.27. The van der Waals surface area contributed by atoms with Crippen molar-refractivity contribution in [3.63, 3.8) is 0 Å². The summed E-state index contributed by atoms with van der Waals surface area (Å²) in [5.41, 5.74) is 0.188. The van der Waals surface area contributed by atoms with Crippen LogP contribution in [0.1, 0.15) is 29.9 Å². The van der Waals surface area contributed by atoms with E-state index in [0.29, 0.717) is 5.56 Å². The number of hydrogen-bond acceptors (Lipinski definition) is 5. The van der Waals surface area contributed by atoms with E-state index in [-0.39, 0.29) is 28.6 Å². The number of rotatable bonds is 4. The van der Waals surface area contributed by atoms with E-state index in [1.54, 1.807) is 6.92 Å². The van der Waals surface area contributed by atoms with E-state index in [4.69, 9.17) is 4.74 Å². The Balaban J connectivity index is 2.77. The zero-order chi connectivity index (χ0) is 13.4. The Morgan fingerprint density at radius 3 is 2.28 bits per heavy atom. The Bertz CT molecular complexity index is 537. The minimum Gasteiger partial charge on any atom is -0.496 e. The summed E-state index contributed by atoms with van der Waals surface area (Å²) in [4.78, 5) is 21.0. The van der Waals surface area contributed by atoms with Crippen molar-refractivity contribution in [3.8, 4) is 5.75 Å². The summed E-state index contributed by atoms with van der Waals surface area (Å²) in [5, 5.41) is 22.2. The van der Waals surface area contributed by atoms with Gasteiger partial charge in [0.1, 0.15) is 11.3 Å². The molecule has 0 N–H and O–H groups in total. The van der Waals surface area contributed by atoms with E-state index in [9.17, 15) is 20.2 Å². The van der Waals surface area contributed by atoms with Gasteiger partial charge in [-0.3, -0.25) is 20.2 Å². The standard InChI is InChI=1S/C11H12N2O5/c1-6-9(18-2)5-8(12(14)15)10(7-3-4-7)11(6)13(16)17/h5,7H,3-4H2,1-2H3. The minimum absolute atomic E-state index is 0.0737. The lowest BCUT2D eigenvalue weighted by molar-refractivity contribution is -0.396. The molecule has 0 aromatic heterocycles. The molecule has 0 radical (unpaired) electrons. The molecule has 0 aliphatic heterocycles. The van der Waals surface area contributed by atoms with E-state index in [1.807, 2.05) is 0 Å². The highest BCUT2D eigenvalue weighted by atomic mass is 16.6. The summed E-state index contributed by atoms with van der Waals surface area (Å²) in [6.07, 6.45) is 1.51. The first-order valence-corrected chi connectivity index (χ1v) is 5.47. The molecule has 0 saturated heterocycles. The van der Waals surface area contributed by atoms with Gasteiger partial charge in [0.05, 0.1) is 28.6 Å². The second kappa shape index (κ2) is 4.25. The summed E-state index contributed by atoms with van der Waals surface area (Å²) < 4.78 is 4.97. The van der Waals surface area contributed by atoms with Gasteiger partial charge < -0.3 is 4.74 Å². The van der Waals surface area contributed by atoms with Crippen molar-refractivity contribution in [2.75, 3.05) is 7.11 Å². The molecule has 0 unspecified atom stereocenters. The zero-order valence-electron chi connectivity index (χ0n) is 10.0. The van der Waals surface area contributed by atoms with Gasteiger partial charge in [-0.25, -0.2) is 0 Å². The predicted molar refractivity (Wildman–Crippen MR) is 63.0 cm³/mol. The van der Waals surface area contributed by atoms with Crippen molar-refractivity contribution < 1.29 is 14.6 Å². The fourth-order valence-electron chi connectivity index (χ4n) is 2.12. The third-order valence-electron chi connectivity index (χ3n) is 3.11. The van der Waals surface area contributed by atoms with Gasteiger partial charge in [0.15, 0.2) is 0 Å². The van der Waals surface area contributed by atoms with Gasteiger partial charge in [0.2, 0.25) is 0 Å². The fraction of sp³-hybridized carbons (Fsp3) is 0.455. The molecule has 1 fully saturated rings. The highest BCUT2D eigenvalue weighted by Gasteiger charge is 2.40. The van der Waals surface area contributed by atoms with Gasteiger partial charge in [-0.1, -0.05) is 0 Å². The number of benzene rings is 1. The summed E-state index contributed by atoms with van der Waals surface area (Å²) in [7, 11) is 1.34. The second-order valence-electron chi connectivity index (χ2n) is 4.27. The van der Waals surface area contributed by atoms with Crippen molar-refractivity contribution in [2.45, 2.75) is 25.7 Å². The molecule has 0 heterocycles. The number of ether oxygens (including phenoxy) is 1. The molecule has 7 heteroatoms. The number of nitro benzene ring substituents is 2. The van der Waals surface area contributed by atoms with Gasteiger partial charge in [-0.05, 0) is 25.7 Å². The smallest absolute Gasteiger partial charge is 0.286 e. The topological polar surface area (TPSA) is 95.5 Å². The van der Waals surface area contributed by atoms with Crippen LogP contribution in [0.2, 0.25) is 0 Å². The highest BCUT2D eigenvalue weighted by molar-refractivity contribution is 5.66. The maximum absolute atomic E-state index is 11.1. The lowest BCUT2D eigenvalue weighted by Gasteiger charge is -2.09. The Morgan fingerprint density at radius 2 is 1.89 bits per heavy atom. The number of hydrogen-bond donors (Lipinski definition) is 0. The summed E-state index contributed by atoms with van der Waals surface area (Å²) >= 11 is 0. The first-order chi connectivity index (χ1) is 8.47. The van der Waals surface area contributed by atoms with Crippen LogP contribution in [0.15, 0.2) is 6.07 Å². The van der Waals surface area contributed by atoms with Crippen LogP contribution in [0.4, 0.5) is 11.4 Å². The van der Waals surface area contributed by atoms with Crippen LogP contribution in [-0.2, 0) is 0 Å². The maximum atomic E-state index is 11.1. The molecular formula is C11H12N2O5. The van der Waals surface area contributed by atoms with E-state index in [2.05, 4.69) is 0 Å². The number of methoxy groups -OCH3 is 1. The van der Waals surface area contributed by atoms with Crippen molar-refractivity contribution in [3.05, 3.63) is 37.4 Å². The van der Waals surface area contributed by atoms with E-state index in [1.165, 1.54) is 13.2 Å². The minimum atomic E-state index is -0.581. The van der Waals surface area contributed by atoms with Gasteiger partial charge in [-0.15, -0.1) is 0 Å². The van der Waals surface area contributed by atoms with Crippen LogP contribution in [0.25, 0.3) is 0 Å². The molecule has 1 aliphatic carbocycles. The lowest BCUT2D eigenvalue weighted by Crippen LogP contribution is -2.04. The molecule has 1 aromatic carbocycles. The van der Waals surface area contributed by atoms with Crippen molar-refractivity contribution in [2.24, 2.45) is 0 Å². The van der Waals surface area contributed by atoms with Crippen LogP contribution in [-0.4, -0.2) is 17.0 Å². The molecular weight excluding hydrogens is 240 g/mol. The third kappa shape index (κ3) is 1.87. The number of nitro groups is 2. The molecule has 0 bridgehead atoms. The average Bonchev–Trinajstić information content (AvgIpc) is 3.11. The second-order valence-corrected chi connectivity index (χ2v) is 4.27. The van der Waals surface area contributed by atoms with Crippen LogP contribution in [0.5, 0.6) is 5.75 Å². The van der Waals surface area contributed by atoms with Crippen LogP contribution in [0.3, 0.4) is 0 Å². The first-order valence-electron chi connectivity index (χ1n) is 5.47. The first kappa shape index (κ1) is 12.3. The molecule has 96 valence electrons. The fourth-order valence-corrected chi connectivity index (χ4v) is 2.12. The number of nitrogens with zero attached hydrogens (tertiary/aromatic N) is 2. The van der Waals surface area contributed by atoms with E-state index >= 15 is 0 Å². The van der Waals surface area contributed by atoms with Gasteiger partial charge in [0, 0.05) is 0 Å². The highest BCUT2D eigenvalue weighted by Crippen LogP contribution is 2.51. The molecule has 0 spiro atoms. The average molecular weight is 252 g/mol. The molecule has 7 nitrogen and oxygen atoms in total. The van der Waals surface area contributed by atoms with E-state index in [0.717, 1.165) is 12.8 Å². The zero-order valence-corrected chi connectivity index (χ0v) is 10.0. The Morgan fingerprint density at radius 1 is 1.28 bits per heavy atom. The van der Waals surface area contributed by atoms with Gasteiger partial charge >= 0.3 is 0 Å². The van der Waals surface area contributed by atoms with Crippen molar-refractivity contribution >= 4 is 11.4 Å². The lowest BCUT2D eigenvalue weighted by atomic mass is 10.0. The molecule has 2 rings (SSSR count). The summed E-state index contributed by atoms with van der Waals surface area (Å²) in [6.45, 7) is 1.55. The quantitative estimate of drug-likeness (QED) is 0.606. The van der Waals surface area contributed by atoms with Crippen LogP contribution in [0, 0.1) is 27.2 Å². The normalized spacial score (nSPS) is 14.3. The largest absolute Gasteiger partial charge is 0.496 e. The van der Waals surface area contributed by atoms with Crippen LogP contribution < -0.4 is 4.74 Å². The SMILES string of the molecule is COc1cc([N+](=O)[O-])c(C2CC2)c([N+](=O)[O-])c1C. The molecule has 0 atom stereocenters. The Labute approximate surface area is 103 Å². The third-order valence-corrected chi connectivity index (χ3v) is 3.11. The summed E-state index contributed by atoms with van der Waals surface area (Å²) in [5.74, 6) is 0.105. The van der Waals surface area contributed by atoms with E-state index < -0.39 is 9.85 Å². The van der Waals surface area contributed by atoms with Crippen molar-refractivity contribution in [1.29, 1.82) is 0 Å².